The molecule has 128 valence electrons. The van der Waals surface area contributed by atoms with E-state index in [-0.39, 0.29) is 22.5 Å². The van der Waals surface area contributed by atoms with Crippen LogP contribution in [0.2, 0.25) is 0 Å². The Kier molecular flexibility index (Phi) is 5.66. The number of hydrogen-bond donors (Lipinski definition) is 3. The molecule has 0 aliphatic heterocycles. The summed E-state index contributed by atoms with van der Waals surface area (Å²) in [7, 11) is 0. The summed E-state index contributed by atoms with van der Waals surface area (Å²) in [4.78, 5) is 27.1. The Morgan fingerprint density at radius 3 is 2.64 bits per heavy atom. The van der Waals surface area contributed by atoms with Crippen molar-refractivity contribution < 1.29 is 23.9 Å². The van der Waals surface area contributed by atoms with Gasteiger partial charge >= 0.3 is 5.97 Å². The third-order valence-electron chi connectivity index (χ3n) is 3.15. The van der Waals surface area contributed by atoms with Crippen LogP contribution in [0.4, 0.5) is 15.8 Å². The third kappa shape index (κ3) is 4.76. The zero-order chi connectivity index (χ0) is 18.4. The van der Waals surface area contributed by atoms with Gasteiger partial charge in [0.15, 0.2) is 6.61 Å². The van der Waals surface area contributed by atoms with Gasteiger partial charge in [0.2, 0.25) is 0 Å². The number of nitriles is 1. The van der Waals surface area contributed by atoms with E-state index < -0.39 is 24.3 Å². The van der Waals surface area contributed by atoms with Crippen molar-refractivity contribution >= 4 is 23.3 Å². The number of anilines is 2. The molecule has 2 aromatic rings. The maximum atomic E-state index is 14.0. The van der Waals surface area contributed by atoms with Crippen molar-refractivity contribution in [2.75, 3.05) is 11.9 Å². The number of halogens is 1. The molecule has 1 amide bonds. The van der Waals surface area contributed by atoms with E-state index in [9.17, 15) is 14.0 Å². The van der Waals surface area contributed by atoms with Gasteiger partial charge in [0, 0.05) is 0 Å². The number of carbonyl (C=O) groups is 2. The highest BCUT2D eigenvalue weighted by Gasteiger charge is 2.14. The first-order valence-corrected chi connectivity index (χ1v) is 7.12. The number of benzene rings is 2. The van der Waals surface area contributed by atoms with Gasteiger partial charge in [-0.2, -0.15) is 5.26 Å². The number of nitrogens with one attached hydrogen (secondary N) is 2. The lowest BCUT2D eigenvalue weighted by atomic mass is 10.1. The minimum Gasteiger partial charge on any atom is -0.479 e. The predicted molar refractivity (Wildman–Crippen MR) is 86.6 cm³/mol. The number of aryl methyl sites for hydroxylation is 1. The van der Waals surface area contributed by atoms with E-state index in [2.05, 4.69) is 10.2 Å². The number of hydrogen-bond acceptors (Lipinski definition) is 5. The molecule has 0 aliphatic rings. The van der Waals surface area contributed by atoms with Crippen molar-refractivity contribution in [3.63, 3.8) is 0 Å². The smallest absolute Gasteiger partial charge is 0.332 e. The zero-order valence-electron chi connectivity index (χ0n) is 13.2. The molecule has 7 nitrogen and oxygen atoms in total. The number of nitrogens with zero attached hydrogens (tertiary/aromatic N) is 1. The second kappa shape index (κ2) is 7.90. The summed E-state index contributed by atoms with van der Waals surface area (Å²) in [6, 6.07) is 10.6. The van der Waals surface area contributed by atoms with Crippen LogP contribution >= 0.6 is 0 Å². The average Bonchev–Trinajstić information content (AvgIpc) is 2.56. The fourth-order valence-corrected chi connectivity index (χ4v) is 2.00. The number of aliphatic carboxylic acids is 1. The zero-order valence-corrected chi connectivity index (χ0v) is 13.2. The lowest BCUT2D eigenvalue weighted by molar-refractivity contribution is -0.144. The standard InChI is InChI=1S/C17H14FN3O4/c1-10-2-5-14(13(18)6-10)20-15-7-11(8-19)3-4-12(15)17(24)21-25-9-16(22)23/h2-7,20H,9H2,1H3,(H,21,24)(H,22,23). The van der Waals surface area contributed by atoms with Gasteiger partial charge in [-0.15, -0.1) is 0 Å². The molecule has 8 heteroatoms. The van der Waals surface area contributed by atoms with Crippen LogP contribution in [0.15, 0.2) is 36.4 Å². The number of amides is 1. The van der Waals surface area contributed by atoms with Gasteiger partial charge < -0.3 is 10.4 Å². The van der Waals surface area contributed by atoms with Crippen LogP contribution in [0.5, 0.6) is 0 Å². The SMILES string of the molecule is Cc1ccc(Nc2cc(C#N)ccc2C(=O)NOCC(=O)O)c(F)c1. The molecule has 25 heavy (non-hydrogen) atoms. The number of hydroxylamine groups is 1. The maximum absolute atomic E-state index is 14.0. The lowest BCUT2D eigenvalue weighted by Gasteiger charge is -2.13. The molecule has 0 atom stereocenters. The molecule has 0 heterocycles. The number of carbonyl (C=O) groups excluding carboxylic acids is 1. The molecule has 0 aromatic heterocycles. The molecule has 3 N–H and O–H groups in total. The summed E-state index contributed by atoms with van der Waals surface area (Å²) in [5.74, 6) is -2.50. The van der Waals surface area contributed by atoms with E-state index in [1.54, 1.807) is 13.0 Å². The van der Waals surface area contributed by atoms with E-state index >= 15 is 0 Å². The van der Waals surface area contributed by atoms with E-state index in [1.807, 2.05) is 11.5 Å². The molecule has 0 unspecified atom stereocenters. The highest BCUT2D eigenvalue weighted by atomic mass is 19.1. The van der Waals surface area contributed by atoms with Gasteiger partial charge in [0.05, 0.1) is 28.6 Å². The first-order valence-electron chi connectivity index (χ1n) is 7.12. The van der Waals surface area contributed by atoms with Gasteiger partial charge in [-0.05, 0) is 42.8 Å². The molecule has 0 radical (unpaired) electrons. The van der Waals surface area contributed by atoms with Gasteiger partial charge in [0.1, 0.15) is 5.82 Å². The normalized spacial score (nSPS) is 9.96. The molecule has 0 aliphatic carbocycles. The summed E-state index contributed by atoms with van der Waals surface area (Å²) in [5.41, 5.74) is 3.34. The van der Waals surface area contributed by atoms with Gasteiger partial charge in [-0.25, -0.2) is 14.7 Å². The predicted octanol–water partition coefficient (Wildman–Crippen LogP) is 2.50. The molecule has 0 saturated heterocycles. The highest BCUT2D eigenvalue weighted by molar-refractivity contribution is 6.00. The maximum Gasteiger partial charge on any atom is 0.332 e. The largest absolute Gasteiger partial charge is 0.479 e. The van der Waals surface area contributed by atoms with Crippen molar-refractivity contribution in [1.29, 1.82) is 5.26 Å². The van der Waals surface area contributed by atoms with Crippen molar-refractivity contribution in [2.45, 2.75) is 6.92 Å². The second-order valence-corrected chi connectivity index (χ2v) is 5.09. The molecular weight excluding hydrogens is 329 g/mol. The van der Waals surface area contributed by atoms with Crippen molar-refractivity contribution in [3.8, 4) is 6.07 Å². The highest BCUT2D eigenvalue weighted by Crippen LogP contribution is 2.25. The molecule has 0 bridgehead atoms. The van der Waals surface area contributed by atoms with E-state index in [0.717, 1.165) is 5.56 Å². The minimum absolute atomic E-state index is 0.0596. The average molecular weight is 343 g/mol. The summed E-state index contributed by atoms with van der Waals surface area (Å²) in [6.45, 7) is 1.03. The van der Waals surface area contributed by atoms with Crippen LogP contribution in [0, 0.1) is 24.1 Å². The fraction of sp³-hybridized carbons (Fsp3) is 0.118. The Labute approximate surface area is 142 Å². The molecule has 2 aromatic carbocycles. The van der Waals surface area contributed by atoms with E-state index in [0.29, 0.717) is 0 Å². The minimum atomic E-state index is -1.25. The van der Waals surface area contributed by atoms with Gasteiger partial charge in [0.25, 0.3) is 5.91 Å². The monoisotopic (exact) mass is 343 g/mol. The molecule has 0 spiro atoms. The van der Waals surface area contributed by atoms with Crippen LogP contribution in [0.1, 0.15) is 21.5 Å². The van der Waals surface area contributed by atoms with E-state index in [1.165, 1.54) is 30.3 Å². The van der Waals surface area contributed by atoms with Crippen molar-refractivity contribution in [3.05, 3.63) is 58.9 Å². The summed E-state index contributed by atoms with van der Waals surface area (Å²) in [5, 5.41) is 20.3. The molecule has 0 saturated carbocycles. The summed E-state index contributed by atoms with van der Waals surface area (Å²) in [6.07, 6.45) is 0. The number of carboxylic acid groups (broad SMARTS) is 1. The Balaban J connectivity index is 2.30. The first kappa shape index (κ1) is 17.9. The Morgan fingerprint density at radius 1 is 1.24 bits per heavy atom. The van der Waals surface area contributed by atoms with Crippen molar-refractivity contribution in [1.82, 2.24) is 5.48 Å². The molecular formula is C17H14FN3O4. The molecule has 2 rings (SSSR count). The Morgan fingerprint density at radius 2 is 2.00 bits per heavy atom. The van der Waals surface area contributed by atoms with Crippen LogP contribution in [-0.2, 0) is 9.63 Å². The van der Waals surface area contributed by atoms with Crippen LogP contribution < -0.4 is 10.8 Å². The number of carboxylic acids is 1. The summed E-state index contributed by atoms with van der Waals surface area (Å²) < 4.78 is 14.0. The van der Waals surface area contributed by atoms with E-state index in [4.69, 9.17) is 10.4 Å². The topological polar surface area (TPSA) is 111 Å². The fourth-order valence-electron chi connectivity index (χ4n) is 2.00. The Hall–Kier alpha value is -3.44. The van der Waals surface area contributed by atoms with Crippen LogP contribution in [0.25, 0.3) is 0 Å². The Bertz CT molecular complexity index is 861. The summed E-state index contributed by atoms with van der Waals surface area (Å²) >= 11 is 0. The van der Waals surface area contributed by atoms with Gasteiger partial charge in [-0.1, -0.05) is 6.07 Å². The number of rotatable bonds is 6. The quantitative estimate of drug-likeness (QED) is 0.695. The third-order valence-corrected chi connectivity index (χ3v) is 3.15. The lowest BCUT2D eigenvalue weighted by Crippen LogP contribution is -2.27. The molecule has 0 fully saturated rings. The van der Waals surface area contributed by atoms with Crippen molar-refractivity contribution in [2.24, 2.45) is 0 Å². The van der Waals surface area contributed by atoms with Gasteiger partial charge in [-0.3, -0.25) is 9.63 Å². The second-order valence-electron chi connectivity index (χ2n) is 5.09. The first-order chi connectivity index (χ1) is 11.9. The van der Waals surface area contributed by atoms with Crippen LogP contribution in [0.3, 0.4) is 0 Å². The van der Waals surface area contributed by atoms with Crippen LogP contribution in [-0.4, -0.2) is 23.6 Å².